The van der Waals surface area contributed by atoms with Crippen molar-refractivity contribution in [2.45, 2.75) is 172 Å². The predicted molar refractivity (Wildman–Crippen MR) is 181 cm³/mol. The molecular formula is C34H63NO11S. The number of rotatable bonds is 28. The number of ether oxygens (including phenoxy) is 2. The Balaban J connectivity index is 2.72. The van der Waals surface area contributed by atoms with Crippen LogP contribution >= 0.6 is 0 Å². The minimum atomic E-state index is -5.07. The van der Waals surface area contributed by atoms with Gasteiger partial charge in [0.2, 0.25) is 5.91 Å². The molecule has 0 aromatic carbocycles. The summed E-state index contributed by atoms with van der Waals surface area (Å²) in [6.45, 7) is 3.25. The highest BCUT2D eigenvalue weighted by molar-refractivity contribution is 7.80. The summed E-state index contributed by atoms with van der Waals surface area (Å²) in [5, 5.41) is 44.2. The van der Waals surface area contributed by atoms with Crippen LogP contribution in [-0.2, 0) is 28.9 Å². The molecule has 0 saturated carbocycles. The van der Waals surface area contributed by atoms with Crippen molar-refractivity contribution >= 4 is 16.3 Å². The molecule has 7 atom stereocenters. The summed E-state index contributed by atoms with van der Waals surface area (Å²) in [6, 6.07) is -0.943. The van der Waals surface area contributed by atoms with Gasteiger partial charge in [0.15, 0.2) is 6.29 Å². The molecule has 1 saturated heterocycles. The van der Waals surface area contributed by atoms with Gasteiger partial charge in [-0.2, -0.15) is 8.42 Å². The fourth-order valence-electron chi connectivity index (χ4n) is 5.37. The highest BCUT2D eigenvalue weighted by atomic mass is 32.3. The van der Waals surface area contributed by atoms with Crippen LogP contribution < -0.4 is 5.32 Å². The van der Waals surface area contributed by atoms with Gasteiger partial charge in [-0.15, -0.1) is 0 Å². The molecule has 13 heteroatoms. The molecule has 1 aliphatic heterocycles. The van der Waals surface area contributed by atoms with Gasteiger partial charge < -0.3 is 35.2 Å². The number of nitrogens with one attached hydrogen (secondary N) is 1. The second-order valence-electron chi connectivity index (χ2n) is 12.5. The summed E-state index contributed by atoms with van der Waals surface area (Å²) >= 11 is 0. The molecular weight excluding hydrogens is 630 g/mol. The van der Waals surface area contributed by atoms with Crippen molar-refractivity contribution in [2.75, 3.05) is 13.2 Å². The normalized spacial score (nSPS) is 23.4. The lowest BCUT2D eigenvalue weighted by Crippen LogP contribution is -2.61. The first-order chi connectivity index (χ1) is 22.5. The molecule has 0 bridgehead atoms. The van der Waals surface area contributed by atoms with Crippen LogP contribution in [0.2, 0.25) is 0 Å². The van der Waals surface area contributed by atoms with E-state index in [9.17, 15) is 33.6 Å². The van der Waals surface area contributed by atoms with Gasteiger partial charge in [0.1, 0.15) is 24.4 Å². The standard InChI is InChI=1S/C34H63NO11S/c1-3-5-7-9-11-13-15-17-19-21-23-28(37)27(35-30(38)24-22-20-18-16-14-12-10-8-6-4-2)26-44-34-32(40)33(46-47(41,42)43)31(39)29(25-36)45-34/h10,12,21,23,27-29,31-34,36-37,39-40H,3-9,11,13-20,22,24-26H2,1-2H3,(H,35,38)(H,41,42,43)/b12-10-,23-21+. The van der Waals surface area contributed by atoms with Gasteiger partial charge in [-0.25, -0.2) is 4.18 Å². The van der Waals surface area contributed by atoms with Crippen LogP contribution in [0.4, 0.5) is 0 Å². The zero-order valence-corrected chi connectivity index (χ0v) is 29.4. The first-order valence-electron chi connectivity index (χ1n) is 17.7. The Morgan fingerprint density at radius 3 is 1.98 bits per heavy atom. The molecule has 12 nitrogen and oxygen atoms in total. The zero-order valence-electron chi connectivity index (χ0n) is 28.6. The summed E-state index contributed by atoms with van der Waals surface area (Å²) in [7, 11) is -5.07. The number of carbonyl (C=O) groups is 1. The third-order valence-corrected chi connectivity index (χ3v) is 8.69. The molecule has 6 N–H and O–H groups in total. The smallest absolute Gasteiger partial charge is 0.394 e. The molecule has 0 spiro atoms. The van der Waals surface area contributed by atoms with Gasteiger partial charge in [0.25, 0.3) is 0 Å². The molecule has 1 heterocycles. The third kappa shape index (κ3) is 20.6. The molecule has 276 valence electrons. The van der Waals surface area contributed by atoms with E-state index in [-0.39, 0.29) is 18.9 Å². The number of aliphatic hydroxyl groups excluding tert-OH is 4. The van der Waals surface area contributed by atoms with E-state index >= 15 is 0 Å². The summed E-state index contributed by atoms with van der Waals surface area (Å²) < 4.78 is 47.1. The van der Waals surface area contributed by atoms with E-state index in [1.54, 1.807) is 6.08 Å². The maximum absolute atomic E-state index is 12.8. The van der Waals surface area contributed by atoms with E-state index in [1.165, 1.54) is 44.9 Å². The van der Waals surface area contributed by atoms with Gasteiger partial charge in [0, 0.05) is 6.42 Å². The first kappa shape index (κ1) is 43.6. The molecule has 1 amide bonds. The SMILES string of the molecule is CCCC/C=C\CCCCCCC(=O)NC(COC1OC(CO)C(O)C(OS(=O)(=O)O)C1O)C(O)/C=C/CCCCCCCCCC. The minimum Gasteiger partial charge on any atom is -0.394 e. The van der Waals surface area contributed by atoms with Crippen LogP contribution in [0, 0.1) is 0 Å². The van der Waals surface area contributed by atoms with Crippen LogP contribution in [-0.4, -0.2) is 95.4 Å². The second kappa shape index (κ2) is 26.4. The lowest BCUT2D eigenvalue weighted by molar-refractivity contribution is -0.298. The zero-order chi connectivity index (χ0) is 34.9. The second-order valence-corrected chi connectivity index (χ2v) is 13.5. The summed E-state index contributed by atoms with van der Waals surface area (Å²) in [5.41, 5.74) is 0. The monoisotopic (exact) mass is 693 g/mol. The van der Waals surface area contributed by atoms with Crippen molar-refractivity contribution in [2.24, 2.45) is 0 Å². The molecule has 0 aromatic heterocycles. The Kier molecular flexibility index (Phi) is 24.5. The lowest BCUT2D eigenvalue weighted by Gasteiger charge is -2.41. The molecule has 1 fully saturated rings. The Bertz CT molecular complexity index is 962. The Morgan fingerprint density at radius 2 is 1.38 bits per heavy atom. The molecule has 0 aromatic rings. The number of carbonyl (C=O) groups excluding carboxylic acids is 1. The van der Waals surface area contributed by atoms with Crippen molar-refractivity contribution < 1.29 is 51.8 Å². The lowest BCUT2D eigenvalue weighted by atomic mass is 9.99. The van der Waals surface area contributed by atoms with E-state index in [1.807, 2.05) is 6.08 Å². The van der Waals surface area contributed by atoms with Crippen molar-refractivity contribution in [3.05, 3.63) is 24.3 Å². The number of aliphatic hydroxyl groups is 4. The number of amides is 1. The molecule has 7 unspecified atom stereocenters. The third-order valence-electron chi connectivity index (χ3n) is 8.23. The number of hydrogen-bond donors (Lipinski definition) is 6. The minimum absolute atomic E-state index is 0.253. The Morgan fingerprint density at radius 1 is 0.830 bits per heavy atom. The summed E-state index contributed by atoms with van der Waals surface area (Å²) in [5.74, 6) is -0.282. The van der Waals surface area contributed by atoms with Crippen LogP contribution in [0.3, 0.4) is 0 Å². The maximum Gasteiger partial charge on any atom is 0.397 e. The summed E-state index contributed by atoms with van der Waals surface area (Å²) in [6.07, 6.45) is 16.8. The van der Waals surface area contributed by atoms with Crippen LogP contribution in [0.25, 0.3) is 0 Å². The van der Waals surface area contributed by atoms with Gasteiger partial charge in [-0.1, -0.05) is 109 Å². The van der Waals surface area contributed by atoms with Gasteiger partial charge in [-0.05, 0) is 38.5 Å². The summed E-state index contributed by atoms with van der Waals surface area (Å²) in [4.78, 5) is 12.8. The van der Waals surface area contributed by atoms with Crippen molar-refractivity contribution in [1.82, 2.24) is 5.32 Å². The number of allylic oxidation sites excluding steroid dienone is 3. The average molecular weight is 694 g/mol. The van der Waals surface area contributed by atoms with Gasteiger partial charge in [0.05, 0.1) is 25.4 Å². The highest BCUT2D eigenvalue weighted by Crippen LogP contribution is 2.26. The highest BCUT2D eigenvalue weighted by Gasteiger charge is 2.48. The molecule has 0 aliphatic carbocycles. The van der Waals surface area contributed by atoms with E-state index < -0.39 is 59.9 Å². The van der Waals surface area contributed by atoms with Crippen LogP contribution in [0.1, 0.15) is 129 Å². The maximum atomic E-state index is 12.8. The first-order valence-corrected chi connectivity index (χ1v) is 19.1. The van der Waals surface area contributed by atoms with E-state index in [0.29, 0.717) is 6.42 Å². The van der Waals surface area contributed by atoms with Crippen LogP contribution in [0.5, 0.6) is 0 Å². The quantitative estimate of drug-likeness (QED) is 0.0380. The fraction of sp³-hybridized carbons (Fsp3) is 0.853. The Labute approximate surface area is 282 Å². The van der Waals surface area contributed by atoms with Crippen LogP contribution in [0.15, 0.2) is 24.3 Å². The molecule has 1 rings (SSSR count). The predicted octanol–water partition coefficient (Wildman–Crippen LogP) is 4.65. The van der Waals surface area contributed by atoms with E-state index in [2.05, 4.69) is 35.5 Å². The number of unbranched alkanes of at least 4 members (excludes halogenated alkanes) is 14. The fourth-order valence-corrected chi connectivity index (χ4v) is 5.88. The van der Waals surface area contributed by atoms with Gasteiger partial charge in [-0.3, -0.25) is 9.35 Å². The number of hydrogen-bond acceptors (Lipinski definition) is 10. The van der Waals surface area contributed by atoms with Gasteiger partial charge >= 0.3 is 10.4 Å². The molecule has 47 heavy (non-hydrogen) atoms. The van der Waals surface area contributed by atoms with E-state index in [0.717, 1.165) is 57.8 Å². The van der Waals surface area contributed by atoms with Crippen molar-refractivity contribution in [3.8, 4) is 0 Å². The topological polar surface area (TPSA) is 192 Å². The Hall–Kier alpha value is -1.42. The van der Waals surface area contributed by atoms with E-state index in [4.69, 9.17) is 14.0 Å². The average Bonchev–Trinajstić information content (AvgIpc) is 3.03. The largest absolute Gasteiger partial charge is 0.397 e. The molecule has 1 aliphatic rings. The van der Waals surface area contributed by atoms with Crippen molar-refractivity contribution in [3.63, 3.8) is 0 Å². The molecule has 0 radical (unpaired) electrons. The van der Waals surface area contributed by atoms with Crippen molar-refractivity contribution in [1.29, 1.82) is 0 Å².